The molecule has 154 valence electrons. The largest absolute Gasteiger partial charge is 0.421 e. The summed E-state index contributed by atoms with van der Waals surface area (Å²) in [6.45, 7) is 2.74. The summed E-state index contributed by atoms with van der Waals surface area (Å²) < 4.78 is 18.6. The molecule has 1 aliphatic rings. The first-order chi connectivity index (χ1) is 14.5. The quantitative estimate of drug-likeness (QED) is 0.669. The van der Waals surface area contributed by atoms with E-state index >= 15 is 0 Å². The predicted molar refractivity (Wildman–Crippen MR) is 102 cm³/mol. The number of hydrogen-bond donors (Lipinski definition) is 1. The second-order valence-corrected chi connectivity index (χ2v) is 6.80. The van der Waals surface area contributed by atoms with Gasteiger partial charge in [0, 0.05) is 44.5 Å². The van der Waals surface area contributed by atoms with E-state index in [0.717, 1.165) is 5.56 Å². The number of carbonyl (C=O) groups excluding carboxylic acids is 2. The molecule has 0 radical (unpaired) electrons. The normalized spacial score (nSPS) is 14.8. The maximum atomic E-state index is 13.1. The fraction of sp³-hybridized carbons (Fsp3) is 0.250. The van der Waals surface area contributed by atoms with Crippen molar-refractivity contribution in [2.24, 2.45) is 0 Å². The van der Waals surface area contributed by atoms with Crippen molar-refractivity contribution >= 4 is 11.9 Å². The van der Waals surface area contributed by atoms with Gasteiger partial charge in [0.25, 0.3) is 11.8 Å². The summed E-state index contributed by atoms with van der Waals surface area (Å²) in [5.41, 5.74) is 1.19. The van der Waals surface area contributed by atoms with Crippen LogP contribution in [0.15, 0.2) is 53.2 Å². The molecule has 3 heterocycles. The first kappa shape index (κ1) is 19.5. The summed E-state index contributed by atoms with van der Waals surface area (Å²) in [6.07, 6.45) is 2.09. The predicted octanol–water partition coefficient (Wildman–Crippen LogP) is 2.28. The number of aromatic nitrogens is 3. The van der Waals surface area contributed by atoms with Crippen LogP contribution in [0.2, 0.25) is 0 Å². The van der Waals surface area contributed by atoms with Crippen molar-refractivity contribution in [3.63, 3.8) is 0 Å². The van der Waals surface area contributed by atoms with E-state index in [4.69, 9.17) is 4.42 Å². The number of nitrogens with zero attached hydrogens (tertiary/aromatic N) is 5. The number of hydrogen-bond acceptors (Lipinski definition) is 6. The Morgan fingerprint density at radius 1 is 1.17 bits per heavy atom. The van der Waals surface area contributed by atoms with Gasteiger partial charge in [-0.25, -0.2) is 9.18 Å². The van der Waals surface area contributed by atoms with Gasteiger partial charge in [-0.15, -0.1) is 10.2 Å². The van der Waals surface area contributed by atoms with Crippen molar-refractivity contribution in [1.29, 1.82) is 0 Å². The van der Waals surface area contributed by atoms with E-state index < -0.39 is 12.1 Å². The Morgan fingerprint density at radius 2 is 1.90 bits per heavy atom. The molecule has 1 atom stereocenters. The highest BCUT2D eigenvalue weighted by Gasteiger charge is 2.38. The summed E-state index contributed by atoms with van der Waals surface area (Å²) in [4.78, 5) is 32.7. The number of benzene rings is 1. The van der Waals surface area contributed by atoms with Gasteiger partial charge in [0.05, 0.1) is 0 Å². The smallest absolute Gasteiger partial charge is 0.322 e. The average molecular weight is 410 g/mol. The number of aryl methyl sites for hydroxylation is 1. The first-order valence-corrected chi connectivity index (χ1v) is 9.32. The molecule has 0 spiro atoms. The Hall–Kier alpha value is -3.82. The van der Waals surface area contributed by atoms with Crippen LogP contribution in [-0.2, 0) is 6.54 Å². The van der Waals surface area contributed by atoms with E-state index in [9.17, 15) is 14.0 Å². The molecule has 3 amide bonds. The maximum Gasteiger partial charge on any atom is 0.322 e. The number of rotatable bonds is 6. The van der Waals surface area contributed by atoms with Gasteiger partial charge in [-0.3, -0.25) is 14.7 Å². The van der Waals surface area contributed by atoms with Crippen molar-refractivity contribution in [3.8, 4) is 0 Å². The molecule has 1 N–H and O–H groups in total. The number of nitrogens with one attached hydrogen (secondary N) is 1. The highest BCUT2D eigenvalue weighted by molar-refractivity contribution is 5.94. The van der Waals surface area contributed by atoms with Crippen LogP contribution < -0.4 is 5.32 Å². The molecule has 9 nitrogen and oxygen atoms in total. The lowest BCUT2D eigenvalue weighted by atomic mass is 10.2. The topological polar surface area (TPSA) is 104 Å². The standard InChI is InChI=1S/C20H19FN6O3/c1-13-24-25-19(30-13)17(23-18(28)15-6-8-22-9-7-15)27-11-10-26(20(27)29)12-14-2-4-16(21)5-3-14/h2-9,17H,10-12H2,1H3,(H,23,28). The zero-order valence-corrected chi connectivity index (χ0v) is 16.2. The number of urea groups is 1. The molecule has 1 aliphatic heterocycles. The second kappa shape index (κ2) is 8.27. The van der Waals surface area contributed by atoms with Gasteiger partial charge in [-0.2, -0.15) is 0 Å². The van der Waals surface area contributed by atoms with Crippen molar-refractivity contribution < 1.29 is 18.4 Å². The highest BCUT2D eigenvalue weighted by Crippen LogP contribution is 2.24. The number of pyridine rings is 1. The van der Waals surface area contributed by atoms with Gasteiger partial charge in [0.1, 0.15) is 5.82 Å². The summed E-state index contributed by atoms with van der Waals surface area (Å²) in [6, 6.07) is 8.82. The summed E-state index contributed by atoms with van der Waals surface area (Å²) in [5, 5.41) is 10.6. The fourth-order valence-electron chi connectivity index (χ4n) is 3.20. The molecule has 1 unspecified atom stereocenters. The monoisotopic (exact) mass is 410 g/mol. The Bertz CT molecular complexity index is 1040. The van der Waals surface area contributed by atoms with E-state index in [-0.39, 0.29) is 17.7 Å². The SMILES string of the molecule is Cc1nnc(C(NC(=O)c2ccncc2)N2CCN(Cc3ccc(F)cc3)C2=O)o1. The molecular formula is C20H19FN6O3. The molecule has 0 saturated carbocycles. The van der Waals surface area contributed by atoms with Gasteiger partial charge >= 0.3 is 6.03 Å². The Balaban J connectivity index is 1.54. The molecule has 1 fully saturated rings. The van der Waals surface area contributed by atoms with Crippen molar-refractivity contribution in [2.45, 2.75) is 19.6 Å². The second-order valence-electron chi connectivity index (χ2n) is 6.80. The number of amides is 3. The van der Waals surface area contributed by atoms with Crippen LogP contribution in [0.4, 0.5) is 9.18 Å². The third-order valence-electron chi connectivity index (χ3n) is 4.71. The molecular weight excluding hydrogens is 391 g/mol. The van der Waals surface area contributed by atoms with Crippen LogP contribution in [0.25, 0.3) is 0 Å². The summed E-state index contributed by atoms with van der Waals surface area (Å²) in [5.74, 6) is -0.295. The molecule has 10 heteroatoms. The molecule has 3 aromatic rings. The van der Waals surface area contributed by atoms with E-state index in [2.05, 4.69) is 20.5 Å². The summed E-state index contributed by atoms with van der Waals surface area (Å²) >= 11 is 0. The van der Waals surface area contributed by atoms with Crippen LogP contribution in [-0.4, -0.2) is 50.0 Å². The average Bonchev–Trinajstić information content (AvgIpc) is 3.34. The van der Waals surface area contributed by atoms with Crippen LogP contribution in [0.3, 0.4) is 0 Å². The van der Waals surface area contributed by atoms with E-state index in [0.29, 0.717) is 31.1 Å². The fourth-order valence-corrected chi connectivity index (χ4v) is 3.20. The molecule has 2 aromatic heterocycles. The maximum absolute atomic E-state index is 13.1. The van der Waals surface area contributed by atoms with Gasteiger partial charge in [-0.05, 0) is 29.8 Å². The minimum Gasteiger partial charge on any atom is -0.421 e. The third kappa shape index (κ3) is 4.12. The molecule has 4 rings (SSSR count). The first-order valence-electron chi connectivity index (χ1n) is 9.32. The minimum absolute atomic E-state index is 0.117. The lowest BCUT2D eigenvalue weighted by Gasteiger charge is -2.26. The van der Waals surface area contributed by atoms with E-state index in [1.807, 2.05) is 0 Å². The van der Waals surface area contributed by atoms with Gasteiger partial charge < -0.3 is 14.6 Å². The minimum atomic E-state index is -0.919. The molecule has 0 bridgehead atoms. The number of halogens is 1. The van der Waals surface area contributed by atoms with Gasteiger partial charge in [0.2, 0.25) is 5.89 Å². The van der Waals surface area contributed by atoms with Crippen molar-refractivity contribution in [3.05, 3.63) is 77.5 Å². The number of carbonyl (C=O) groups is 2. The Kier molecular flexibility index (Phi) is 5.38. The van der Waals surface area contributed by atoms with Crippen molar-refractivity contribution in [2.75, 3.05) is 13.1 Å². The Morgan fingerprint density at radius 3 is 2.57 bits per heavy atom. The van der Waals surface area contributed by atoms with Crippen LogP contribution in [0.5, 0.6) is 0 Å². The lowest BCUT2D eigenvalue weighted by molar-refractivity contribution is 0.0863. The Labute approximate surface area is 171 Å². The third-order valence-corrected chi connectivity index (χ3v) is 4.71. The molecule has 0 aliphatic carbocycles. The highest BCUT2D eigenvalue weighted by atomic mass is 19.1. The van der Waals surface area contributed by atoms with E-state index in [1.165, 1.54) is 29.4 Å². The summed E-state index contributed by atoms with van der Waals surface area (Å²) in [7, 11) is 0. The van der Waals surface area contributed by atoms with Crippen LogP contribution >= 0.6 is 0 Å². The van der Waals surface area contributed by atoms with Gasteiger partial charge in [-0.1, -0.05) is 12.1 Å². The molecule has 1 saturated heterocycles. The molecule has 30 heavy (non-hydrogen) atoms. The van der Waals surface area contributed by atoms with Gasteiger partial charge in [0.15, 0.2) is 6.17 Å². The van der Waals surface area contributed by atoms with Crippen LogP contribution in [0, 0.1) is 12.7 Å². The zero-order chi connectivity index (χ0) is 21.1. The lowest BCUT2D eigenvalue weighted by Crippen LogP contribution is -2.43. The van der Waals surface area contributed by atoms with E-state index in [1.54, 1.807) is 36.1 Å². The van der Waals surface area contributed by atoms with Crippen molar-refractivity contribution in [1.82, 2.24) is 30.3 Å². The van der Waals surface area contributed by atoms with Crippen LogP contribution in [0.1, 0.15) is 33.9 Å². The molecule has 1 aromatic carbocycles. The zero-order valence-electron chi connectivity index (χ0n) is 16.2.